The highest BCUT2D eigenvalue weighted by Gasteiger charge is 2.16. The number of carbonyl (C=O) groups excluding carboxylic acids is 1. The van der Waals surface area contributed by atoms with E-state index in [0.29, 0.717) is 0 Å². The molecule has 0 saturated carbocycles. The molecule has 0 radical (unpaired) electrons. The summed E-state index contributed by atoms with van der Waals surface area (Å²) >= 11 is 0. The number of rotatable bonds is 5. The average Bonchev–Trinajstić information content (AvgIpc) is 2.16. The summed E-state index contributed by atoms with van der Waals surface area (Å²) in [6.45, 7) is 4.76. The van der Waals surface area contributed by atoms with Crippen LogP contribution in [0.3, 0.4) is 0 Å². The number of nitrogens with one attached hydrogen (secondary N) is 1. The van der Waals surface area contributed by atoms with E-state index in [1.807, 2.05) is 0 Å². The Balaban J connectivity index is 4.35. The van der Waals surface area contributed by atoms with Gasteiger partial charge in [-0.3, -0.25) is 4.79 Å². The van der Waals surface area contributed by atoms with Crippen molar-refractivity contribution < 1.29 is 14.7 Å². The lowest BCUT2D eigenvalue weighted by atomic mass is 10.3. The van der Waals surface area contributed by atoms with Gasteiger partial charge in [0.15, 0.2) is 0 Å². The van der Waals surface area contributed by atoms with E-state index in [1.165, 1.54) is 6.08 Å². The molecule has 2 amide bonds. The van der Waals surface area contributed by atoms with Crippen molar-refractivity contribution in [2.24, 2.45) is 0 Å². The number of aliphatic carboxylic acids is 1. The zero-order valence-electron chi connectivity index (χ0n) is 8.56. The number of nitrogens with zero attached hydrogens (tertiary/aromatic N) is 1. The van der Waals surface area contributed by atoms with Crippen molar-refractivity contribution in [3.63, 3.8) is 0 Å². The molecule has 1 unspecified atom stereocenters. The van der Waals surface area contributed by atoms with Gasteiger partial charge >= 0.3 is 12.0 Å². The lowest BCUT2D eigenvalue weighted by Gasteiger charge is -2.20. The molecule has 0 saturated heterocycles. The molecule has 0 fully saturated rings. The van der Waals surface area contributed by atoms with Crippen LogP contribution in [0.2, 0.25) is 0 Å². The first kappa shape index (κ1) is 13.0. The molecule has 0 aliphatic rings. The fourth-order valence-corrected chi connectivity index (χ4v) is 0.818. The van der Waals surface area contributed by atoms with Gasteiger partial charge in [0.2, 0.25) is 0 Å². The summed E-state index contributed by atoms with van der Waals surface area (Å²) < 4.78 is 0. The van der Waals surface area contributed by atoms with Gasteiger partial charge in [-0.15, -0.1) is 13.0 Å². The third-order valence-corrected chi connectivity index (χ3v) is 1.60. The van der Waals surface area contributed by atoms with Crippen LogP contribution in [0.15, 0.2) is 12.7 Å². The molecule has 0 aromatic carbocycles. The number of amides is 2. The van der Waals surface area contributed by atoms with E-state index in [1.54, 1.807) is 6.92 Å². The van der Waals surface area contributed by atoms with E-state index in [0.717, 1.165) is 4.90 Å². The van der Waals surface area contributed by atoms with Crippen molar-refractivity contribution in [1.29, 1.82) is 0 Å². The first-order valence-electron chi connectivity index (χ1n) is 4.34. The number of carbonyl (C=O) groups is 2. The van der Waals surface area contributed by atoms with E-state index in [2.05, 4.69) is 17.8 Å². The molecular weight excluding hydrogens is 196 g/mol. The van der Waals surface area contributed by atoms with Crippen LogP contribution in [0.4, 0.5) is 4.79 Å². The molecule has 0 aliphatic heterocycles. The van der Waals surface area contributed by atoms with Crippen LogP contribution in [0.1, 0.15) is 6.92 Å². The quantitative estimate of drug-likeness (QED) is 0.506. The van der Waals surface area contributed by atoms with E-state index in [9.17, 15) is 9.59 Å². The second kappa shape index (κ2) is 6.49. The zero-order chi connectivity index (χ0) is 11.8. The largest absolute Gasteiger partial charge is 0.480 e. The molecule has 2 N–H and O–H groups in total. The van der Waals surface area contributed by atoms with Crippen LogP contribution in [-0.2, 0) is 4.79 Å². The number of carboxylic acid groups (broad SMARTS) is 1. The topological polar surface area (TPSA) is 69.6 Å². The maximum atomic E-state index is 11.4. The Morgan fingerprint density at radius 2 is 2.33 bits per heavy atom. The molecule has 0 aliphatic carbocycles. The van der Waals surface area contributed by atoms with Gasteiger partial charge in [-0.25, -0.2) is 4.79 Å². The molecule has 0 bridgehead atoms. The van der Waals surface area contributed by atoms with Crippen LogP contribution in [0.25, 0.3) is 0 Å². The van der Waals surface area contributed by atoms with Crippen LogP contribution >= 0.6 is 0 Å². The maximum absolute atomic E-state index is 11.4. The molecule has 0 aromatic rings. The Morgan fingerprint density at radius 3 is 2.73 bits per heavy atom. The molecule has 15 heavy (non-hydrogen) atoms. The summed E-state index contributed by atoms with van der Waals surface area (Å²) in [5, 5.41) is 11.1. The monoisotopic (exact) mass is 210 g/mol. The summed E-state index contributed by atoms with van der Waals surface area (Å²) in [5.41, 5.74) is 0. The molecule has 0 aromatic heterocycles. The Bertz CT molecular complexity index is 294. The third kappa shape index (κ3) is 5.37. The zero-order valence-corrected chi connectivity index (χ0v) is 8.56. The molecular formula is C10H14N2O3. The van der Waals surface area contributed by atoms with Gasteiger partial charge in [-0.05, 0) is 6.92 Å². The molecule has 5 nitrogen and oxygen atoms in total. The second-order valence-corrected chi connectivity index (χ2v) is 2.93. The fraction of sp³-hybridized carbons (Fsp3) is 0.400. The number of hydrogen-bond donors (Lipinski definition) is 2. The number of carboxylic acids is 1. The summed E-state index contributed by atoms with van der Waals surface area (Å²) in [5.74, 6) is 1.12. The molecule has 0 rings (SSSR count). The van der Waals surface area contributed by atoms with Crippen molar-refractivity contribution in [2.75, 3.05) is 13.1 Å². The summed E-state index contributed by atoms with van der Waals surface area (Å²) in [6.07, 6.45) is 6.56. The van der Waals surface area contributed by atoms with Crippen molar-refractivity contribution in [3.05, 3.63) is 12.7 Å². The predicted molar refractivity (Wildman–Crippen MR) is 56.2 cm³/mol. The van der Waals surface area contributed by atoms with Gasteiger partial charge in [0.1, 0.15) is 6.54 Å². The van der Waals surface area contributed by atoms with E-state index in [4.69, 9.17) is 11.5 Å². The van der Waals surface area contributed by atoms with Crippen LogP contribution in [0, 0.1) is 12.3 Å². The van der Waals surface area contributed by atoms with Gasteiger partial charge in [-0.1, -0.05) is 12.0 Å². The first-order chi connectivity index (χ1) is 7.01. The Morgan fingerprint density at radius 1 is 1.73 bits per heavy atom. The molecule has 0 spiro atoms. The highest BCUT2D eigenvalue weighted by atomic mass is 16.4. The van der Waals surface area contributed by atoms with E-state index >= 15 is 0 Å². The van der Waals surface area contributed by atoms with Gasteiger partial charge < -0.3 is 15.3 Å². The number of urea groups is 1. The summed E-state index contributed by atoms with van der Waals surface area (Å²) in [7, 11) is 0. The number of hydrogen-bond acceptors (Lipinski definition) is 2. The van der Waals surface area contributed by atoms with Crippen molar-refractivity contribution in [1.82, 2.24) is 10.2 Å². The van der Waals surface area contributed by atoms with Crippen LogP contribution in [-0.4, -0.2) is 41.1 Å². The number of terminal acetylenes is 1. The summed E-state index contributed by atoms with van der Waals surface area (Å²) in [4.78, 5) is 22.9. The fourth-order valence-electron chi connectivity index (χ4n) is 0.818. The van der Waals surface area contributed by atoms with Gasteiger partial charge in [0, 0.05) is 6.04 Å². The third-order valence-electron chi connectivity index (χ3n) is 1.60. The minimum atomic E-state index is -1.10. The van der Waals surface area contributed by atoms with Crippen molar-refractivity contribution in [3.8, 4) is 12.3 Å². The van der Waals surface area contributed by atoms with Crippen molar-refractivity contribution in [2.45, 2.75) is 13.0 Å². The van der Waals surface area contributed by atoms with Gasteiger partial charge in [0.05, 0.1) is 6.54 Å². The first-order valence-corrected chi connectivity index (χ1v) is 4.34. The normalized spacial score (nSPS) is 10.9. The Kier molecular flexibility index (Phi) is 5.64. The standard InChI is InChI=1S/C10H14N2O3/c1-4-6-12(7-9(13)14)10(15)11-8(3)5-2/h1,5,8H,2,6-7H2,3H3,(H,11,15)(H,13,14). The lowest BCUT2D eigenvalue weighted by molar-refractivity contribution is -0.137. The molecule has 0 heterocycles. The minimum Gasteiger partial charge on any atom is -0.480 e. The highest BCUT2D eigenvalue weighted by molar-refractivity contribution is 5.80. The van der Waals surface area contributed by atoms with E-state index in [-0.39, 0.29) is 12.6 Å². The minimum absolute atomic E-state index is 0.0397. The molecule has 82 valence electrons. The highest BCUT2D eigenvalue weighted by Crippen LogP contribution is 1.91. The predicted octanol–water partition coefficient (Wildman–Crippen LogP) is 0.290. The Hall–Kier alpha value is -1.96. The van der Waals surface area contributed by atoms with Crippen LogP contribution < -0.4 is 5.32 Å². The van der Waals surface area contributed by atoms with Gasteiger partial charge in [-0.2, -0.15) is 0 Å². The van der Waals surface area contributed by atoms with Gasteiger partial charge in [0.25, 0.3) is 0 Å². The Labute approximate surface area is 88.8 Å². The van der Waals surface area contributed by atoms with Crippen molar-refractivity contribution >= 4 is 12.0 Å². The smallest absolute Gasteiger partial charge is 0.323 e. The molecule has 5 heteroatoms. The molecule has 1 atom stereocenters. The van der Waals surface area contributed by atoms with Crippen LogP contribution in [0.5, 0.6) is 0 Å². The average molecular weight is 210 g/mol. The second-order valence-electron chi connectivity index (χ2n) is 2.93. The maximum Gasteiger partial charge on any atom is 0.323 e. The van der Waals surface area contributed by atoms with E-state index < -0.39 is 18.5 Å². The lowest BCUT2D eigenvalue weighted by Crippen LogP contribution is -2.45. The SMILES string of the molecule is C#CCN(CC(=O)O)C(=O)NC(C)C=C. The summed E-state index contributed by atoms with van der Waals surface area (Å²) in [6, 6.07) is -0.741.